The van der Waals surface area contributed by atoms with Crippen LogP contribution in [0.2, 0.25) is 0 Å². The van der Waals surface area contributed by atoms with Crippen LogP contribution in [-0.2, 0) is 11.3 Å². The standard InChI is InChI=1S/C18H32N6O/c1-18(2,25-5)14-22-17(19-3)21-13-15-6-7-20-16(12-15)24-10-8-23(4)9-11-24/h6-7,12H,8-11,13-14H2,1-5H3,(H2,19,21,22). The topological polar surface area (TPSA) is 65.0 Å². The number of hydrogen-bond donors (Lipinski definition) is 2. The van der Waals surface area contributed by atoms with E-state index >= 15 is 0 Å². The van der Waals surface area contributed by atoms with Crippen molar-refractivity contribution in [2.45, 2.75) is 26.0 Å². The summed E-state index contributed by atoms with van der Waals surface area (Å²) in [6.45, 7) is 9.68. The number of likely N-dealkylation sites (N-methyl/N-ethyl adjacent to an activating group) is 1. The molecule has 1 aliphatic rings. The number of rotatable bonds is 6. The van der Waals surface area contributed by atoms with Gasteiger partial charge in [-0.25, -0.2) is 4.98 Å². The van der Waals surface area contributed by atoms with Crippen LogP contribution in [0.4, 0.5) is 5.82 Å². The highest BCUT2D eigenvalue weighted by molar-refractivity contribution is 5.79. The molecule has 1 fully saturated rings. The zero-order valence-electron chi connectivity index (χ0n) is 16.2. The average molecular weight is 348 g/mol. The molecule has 7 heteroatoms. The number of methoxy groups -OCH3 is 1. The van der Waals surface area contributed by atoms with Crippen LogP contribution in [0.3, 0.4) is 0 Å². The molecule has 140 valence electrons. The summed E-state index contributed by atoms with van der Waals surface area (Å²) < 4.78 is 5.42. The van der Waals surface area contributed by atoms with E-state index in [1.807, 2.05) is 26.1 Å². The summed E-state index contributed by atoms with van der Waals surface area (Å²) in [7, 11) is 5.65. The van der Waals surface area contributed by atoms with Crippen LogP contribution in [0.5, 0.6) is 0 Å². The molecular weight excluding hydrogens is 316 g/mol. The van der Waals surface area contributed by atoms with E-state index in [0.29, 0.717) is 13.1 Å². The second kappa shape index (κ2) is 9.01. The predicted octanol–water partition coefficient (Wildman–Crippen LogP) is 0.923. The van der Waals surface area contributed by atoms with Gasteiger partial charge in [0.05, 0.1) is 5.60 Å². The summed E-state index contributed by atoms with van der Waals surface area (Å²) in [6.07, 6.45) is 1.88. The molecule has 0 amide bonds. The number of nitrogens with one attached hydrogen (secondary N) is 2. The molecule has 7 nitrogen and oxygen atoms in total. The summed E-state index contributed by atoms with van der Waals surface area (Å²) in [4.78, 5) is 13.5. The minimum Gasteiger partial charge on any atom is -0.377 e. The monoisotopic (exact) mass is 348 g/mol. The summed E-state index contributed by atoms with van der Waals surface area (Å²) in [5.41, 5.74) is 0.959. The van der Waals surface area contributed by atoms with Crippen LogP contribution < -0.4 is 15.5 Å². The minimum atomic E-state index is -0.233. The van der Waals surface area contributed by atoms with Crippen molar-refractivity contribution in [2.75, 3.05) is 58.8 Å². The fraction of sp³-hybridized carbons (Fsp3) is 0.667. The van der Waals surface area contributed by atoms with Crippen LogP contribution in [0.15, 0.2) is 23.3 Å². The smallest absolute Gasteiger partial charge is 0.191 e. The lowest BCUT2D eigenvalue weighted by Gasteiger charge is -2.33. The van der Waals surface area contributed by atoms with E-state index in [2.05, 4.69) is 43.5 Å². The molecule has 1 aliphatic heterocycles. The minimum absolute atomic E-state index is 0.233. The molecule has 0 unspecified atom stereocenters. The first-order valence-corrected chi connectivity index (χ1v) is 8.81. The second-order valence-electron chi connectivity index (χ2n) is 7.06. The Morgan fingerprint density at radius 1 is 1.28 bits per heavy atom. The van der Waals surface area contributed by atoms with Gasteiger partial charge >= 0.3 is 0 Å². The highest BCUT2D eigenvalue weighted by Crippen LogP contribution is 2.14. The van der Waals surface area contributed by atoms with E-state index < -0.39 is 0 Å². The Labute approximate surface area is 151 Å². The Balaban J connectivity index is 1.88. The molecule has 2 N–H and O–H groups in total. The first-order valence-electron chi connectivity index (χ1n) is 8.81. The summed E-state index contributed by atoms with van der Waals surface area (Å²) >= 11 is 0. The molecule has 25 heavy (non-hydrogen) atoms. The highest BCUT2D eigenvalue weighted by atomic mass is 16.5. The number of ether oxygens (including phenoxy) is 1. The van der Waals surface area contributed by atoms with Gasteiger partial charge in [-0.2, -0.15) is 0 Å². The van der Waals surface area contributed by atoms with Gasteiger partial charge in [0.2, 0.25) is 0 Å². The zero-order valence-corrected chi connectivity index (χ0v) is 16.2. The number of anilines is 1. The SMILES string of the molecule is CN=C(NCc1ccnc(N2CCN(C)CC2)c1)NCC(C)(C)OC. The maximum Gasteiger partial charge on any atom is 0.191 e. The Hall–Kier alpha value is -1.86. The van der Waals surface area contributed by atoms with Gasteiger partial charge in [0.25, 0.3) is 0 Å². The maximum atomic E-state index is 5.42. The van der Waals surface area contributed by atoms with Gasteiger partial charge in [0, 0.05) is 59.6 Å². The van der Waals surface area contributed by atoms with E-state index in [1.54, 1.807) is 14.2 Å². The van der Waals surface area contributed by atoms with E-state index in [1.165, 1.54) is 5.56 Å². The largest absolute Gasteiger partial charge is 0.377 e. The van der Waals surface area contributed by atoms with Crippen LogP contribution in [0.1, 0.15) is 19.4 Å². The molecule has 0 aromatic carbocycles. The van der Waals surface area contributed by atoms with Gasteiger partial charge in [-0.15, -0.1) is 0 Å². The predicted molar refractivity (Wildman–Crippen MR) is 103 cm³/mol. The third-order valence-electron chi connectivity index (χ3n) is 4.55. The van der Waals surface area contributed by atoms with E-state index in [4.69, 9.17) is 4.74 Å². The summed E-state index contributed by atoms with van der Waals surface area (Å²) in [5.74, 6) is 1.82. The molecular formula is C18H32N6O. The second-order valence-corrected chi connectivity index (χ2v) is 7.06. The quantitative estimate of drug-likeness (QED) is 0.589. The van der Waals surface area contributed by atoms with Crippen LogP contribution in [-0.4, -0.2) is 75.4 Å². The van der Waals surface area contributed by atoms with E-state index in [9.17, 15) is 0 Å². The number of nitrogens with zero attached hydrogens (tertiary/aromatic N) is 4. The van der Waals surface area contributed by atoms with Gasteiger partial charge in [0.15, 0.2) is 5.96 Å². The molecule has 0 radical (unpaired) electrons. The molecule has 0 atom stereocenters. The molecule has 0 aliphatic carbocycles. The number of hydrogen-bond acceptors (Lipinski definition) is 5. The van der Waals surface area contributed by atoms with Gasteiger partial charge < -0.3 is 25.2 Å². The number of guanidine groups is 1. The van der Waals surface area contributed by atoms with Gasteiger partial charge in [-0.1, -0.05) is 0 Å². The summed E-state index contributed by atoms with van der Waals surface area (Å²) in [5, 5.41) is 6.64. The fourth-order valence-corrected chi connectivity index (χ4v) is 2.55. The number of aromatic nitrogens is 1. The third kappa shape index (κ3) is 6.17. The van der Waals surface area contributed by atoms with Gasteiger partial charge in [0.1, 0.15) is 5.82 Å². The van der Waals surface area contributed by atoms with Crippen molar-refractivity contribution in [3.05, 3.63) is 23.9 Å². The lowest BCUT2D eigenvalue weighted by molar-refractivity contribution is 0.0268. The van der Waals surface area contributed by atoms with Crippen molar-refractivity contribution in [2.24, 2.45) is 4.99 Å². The van der Waals surface area contributed by atoms with Crippen LogP contribution in [0.25, 0.3) is 0 Å². The molecule has 0 spiro atoms. The maximum absolute atomic E-state index is 5.42. The Morgan fingerprint density at radius 2 is 2.00 bits per heavy atom. The molecule has 0 saturated carbocycles. The average Bonchev–Trinajstić information content (AvgIpc) is 2.62. The molecule has 2 rings (SSSR count). The van der Waals surface area contributed by atoms with E-state index in [0.717, 1.165) is 38.0 Å². The van der Waals surface area contributed by atoms with Crippen molar-refractivity contribution < 1.29 is 4.74 Å². The Morgan fingerprint density at radius 3 is 2.64 bits per heavy atom. The fourth-order valence-electron chi connectivity index (χ4n) is 2.55. The number of aliphatic imine (C=N–C) groups is 1. The first-order chi connectivity index (χ1) is 11.9. The molecule has 1 aromatic rings. The molecule has 1 aromatic heterocycles. The zero-order chi connectivity index (χ0) is 18.3. The van der Waals surface area contributed by atoms with Crippen LogP contribution in [0, 0.1) is 0 Å². The van der Waals surface area contributed by atoms with Crippen LogP contribution >= 0.6 is 0 Å². The molecule has 1 saturated heterocycles. The lowest BCUT2D eigenvalue weighted by atomic mass is 10.1. The lowest BCUT2D eigenvalue weighted by Crippen LogP contribution is -2.45. The van der Waals surface area contributed by atoms with Crippen molar-refractivity contribution in [3.63, 3.8) is 0 Å². The van der Waals surface area contributed by atoms with Crippen molar-refractivity contribution in [1.82, 2.24) is 20.5 Å². The Kier molecular flexibility index (Phi) is 7.01. The summed E-state index contributed by atoms with van der Waals surface area (Å²) in [6, 6.07) is 4.20. The van der Waals surface area contributed by atoms with Gasteiger partial charge in [-0.3, -0.25) is 4.99 Å². The number of pyridine rings is 1. The molecule has 0 bridgehead atoms. The number of piperazine rings is 1. The molecule has 2 heterocycles. The third-order valence-corrected chi connectivity index (χ3v) is 4.55. The van der Waals surface area contributed by atoms with E-state index in [-0.39, 0.29) is 5.60 Å². The first kappa shape index (κ1) is 19.5. The highest BCUT2D eigenvalue weighted by Gasteiger charge is 2.17. The van der Waals surface area contributed by atoms with Gasteiger partial charge in [-0.05, 0) is 38.6 Å². The van der Waals surface area contributed by atoms with Crippen molar-refractivity contribution in [1.29, 1.82) is 0 Å². The normalized spacial score (nSPS) is 16.8. The van der Waals surface area contributed by atoms with Crippen molar-refractivity contribution >= 4 is 11.8 Å². The Bertz CT molecular complexity index is 566. The van der Waals surface area contributed by atoms with Crippen molar-refractivity contribution in [3.8, 4) is 0 Å².